The second-order valence-corrected chi connectivity index (χ2v) is 27.1. The van der Waals surface area contributed by atoms with Crippen molar-refractivity contribution in [3.63, 3.8) is 0 Å². The van der Waals surface area contributed by atoms with E-state index < -0.39 is 186 Å². The molecule has 37 atom stereocenters. The Morgan fingerprint density at radius 2 is 0.940 bits per heavy atom. The van der Waals surface area contributed by atoms with Gasteiger partial charge in [0.2, 0.25) is 0 Å². The molecule has 84 heavy (non-hydrogen) atoms. The first kappa shape index (κ1) is 64.4. The van der Waals surface area contributed by atoms with Crippen molar-refractivity contribution in [1.29, 1.82) is 0 Å². The van der Waals surface area contributed by atoms with Crippen LogP contribution in [-0.2, 0) is 56.8 Å². The van der Waals surface area contributed by atoms with E-state index in [0.29, 0.717) is 54.3 Å². The Morgan fingerprint density at radius 3 is 1.55 bits per heavy atom. The number of fused-ring (bicyclic) bond motifs is 7. The molecule has 11 fully saturated rings. The molecule has 27 nitrogen and oxygen atoms in total. The molecule has 0 aromatic rings. The van der Waals surface area contributed by atoms with Gasteiger partial charge in [0.1, 0.15) is 116 Å². The maximum Gasteiger partial charge on any atom is 0.187 e. The van der Waals surface area contributed by atoms with Crippen LogP contribution in [0.5, 0.6) is 0 Å². The summed E-state index contributed by atoms with van der Waals surface area (Å²) in [6.07, 6.45) is -35.5. The summed E-state index contributed by atoms with van der Waals surface area (Å²) in [5, 5.41) is 164. The number of aliphatic hydroxyl groups excluding tert-OH is 15. The maximum atomic E-state index is 12.0. The third-order valence-corrected chi connectivity index (χ3v) is 22.5. The van der Waals surface area contributed by atoms with E-state index in [9.17, 15) is 76.6 Å². The van der Waals surface area contributed by atoms with Gasteiger partial charge in [0.15, 0.2) is 37.2 Å². The van der Waals surface area contributed by atoms with Crippen molar-refractivity contribution in [2.24, 2.45) is 52.3 Å². The van der Waals surface area contributed by atoms with Crippen LogP contribution in [0, 0.1) is 52.3 Å². The van der Waals surface area contributed by atoms with E-state index in [4.69, 9.17) is 56.8 Å². The van der Waals surface area contributed by atoms with Crippen molar-refractivity contribution in [3.8, 4) is 0 Å². The molecule has 0 amide bonds. The highest BCUT2D eigenvalue weighted by atomic mass is 16.8. The second-order valence-electron chi connectivity index (χ2n) is 27.1. The first-order valence-corrected chi connectivity index (χ1v) is 30.7. The summed E-state index contributed by atoms with van der Waals surface area (Å²) in [6, 6.07) is 0. The SMILES string of the molecule is C[C@@H]1CC[C@@]2(OC1)O[C@@H]1C[C@H]3[C@@H]4CC[C@H]5C[C@H](O[C@H]6O[C@@H](CO)[C@H](O[C@H]7O[C@@H](CO)[C@H](O)[C@@H](O[C@H]8O[C@@H](CO)[C@H](O[C@H]9O[C@@H](C)[C@H](O)[C@@H](O)[C@@H]9O)[C@@H](O)[C@@H]8O)[C@@H]7O[C@H]7O[C@@H](CO)[C@H](O)[C@@H](O)[C@@H]7O)[C@@H](O)[C@@H]6O)CC[C@@]5(C)[C@H]4CC[C@@]3(C)[C@@H]1[C@H]2C. The summed E-state index contributed by atoms with van der Waals surface area (Å²) in [7, 11) is 0. The third kappa shape index (κ3) is 11.2. The van der Waals surface area contributed by atoms with Gasteiger partial charge in [-0.05, 0) is 111 Å². The normalized spacial score (nSPS) is 57.7. The van der Waals surface area contributed by atoms with E-state index in [0.717, 1.165) is 58.0 Å². The zero-order chi connectivity index (χ0) is 60.2. The van der Waals surface area contributed by atoms with Gasteiger partial charge in [-0.25, -0.2) is 0 Å². The molecule has 4 aliphatic carbocycles. The molecule has 0 aromatic heterocycles. The Bertz CT molecular complexity index is 2180. The van der Waals surface area contributed by atoms with E-state index in [1.807, 2.05) is 0 Å². The van der Waals surface area contributed by atoms with Crippen LogP contribution in [0.1, 0.15) is 98.8 Å². The molecule has 11 aliphatic rings. The molecule has 0 radical (unpaired) electrons. The van der Waals surface area contributed by atoms with Crippen molar-refractivity contribution in [3.05, 3.63) is 0 Å². The first-order valence-electron chi connectivity index (χ1n) is 30.7. The molecule has 7 heterocycles. The Morgan fingerprint density at radius 1 is 0.429 bits per heavy atom. The standard InChI is InChI=1S/C57H94O27/c1-21-8-13-57(73-20-21)22(2)34-29(84-57)15-28-26-7-6-24-14-25(9-11-55(24,4)27(26)10-12-56(28,34)5)75-51-44(71)40(67)47(33(19-61)78-51)81-54-49(83-52-43(70)39(66)36(63)30(16-58)76-52)48(37(64)31(17-59)77-54)82-53-45(72)41(68)46(32(18-60)79-53)80-50-42(69)38(65)35(62)23(3)74-50/h21-54,58-72H,6-20H2,1-5H3/t21-,22-,23+,24+,25-,26-,27+,28+,29-,30+,31+,32+,33+,34-,35+,36+,37+,38-,39-,40+,41+,42+,43+,44+,45+,46+,47+,48-,49+,50-,51+,52-,53-,54-,55-,56-,57-/m1/s1. The average molecular weight is 1210 g/mol. The fraction of sp³-hybridized carbons (Fsp3) is 1.00. The van der Waals surface area contributed by atoms with Crippen LogP contribution in [0.25, 0.3) is 0 Å². The molecule has 0 bridgehead atoms. The van der Waals surface area contributed by atoms with E-state index >= 15 is 0 Å². The van der Waals surface area contributed by atoms with Crippen LogP contribution in [-0.4, -0.2) is 281 Å². The number of hydrogen-bond acceptors (Lipinski definition) is 27. The third-order valence-electron chi connectivity index (χ3n) is 22.5. The summed E-state index contributed by atoms with van der Waals surface area (Å²) in [5.41, 5.74) is 0.222. The predicted molar refractivity (Wildman–Crippen MR) is 279 cm³/mol. The molecule has 1 spiro atoms. The van der Waals surface area contributed by atoms with Crippen LogP contribution in [0.4, 0.5) is 0 Å². The molecule has 7 saturated heterocycles. The molecule has 27 heteroatoms. The quantitative estimate of drug-likeness (QED) is 0.0736. The van der Waals surface area contributed by atoms with Gasteiger partial charge in [-0.1, -0.05) is 27.7 Å². The molecular formula is C57H94O27. The minimum atomic E-state index is -2.15. The zero-order valence-electron chi connectivity index (χ0n) is 48.3. The minimum absolute atomic E-state index is 0.0507. The van der Waals surface area contributed by atoms with Gasteiger partial charge in [0.25, 0.3) is 0 Å². The summed E-state index contributed by atoms with van der Waals surface area (Å²) >= 11 is 0. The molecule has 11 rings (SSSR count). The highest BCUT2D eigenvalue weighted by Gasteiger charge is 2.70. The molecule has 484 valence electrons. The summed E-state index contributed by atoms with van der Waals surface area (Å²) in [4.78, 5) is 0. The van der Waals surface area contributed by atoms with E-state index in [2.05, 4.69) is 27.7 Å². The number of ether oxygens (including phenoxy) is 12. The van der Waals surface area contributed by atoms with Gasteiger partial charge >= 0.3 is 0 Å². The maximum absolute atomic E-state index is 12.0. The lowest BCUT2D eigenvalue weighted by Crippen LogP contribution is -2.69. The summed E-state index contributed by atoms with van der Waals surface area (Å²) < 4.78 is 73.6. The van der Waals surface area contributed by atoms with Crippen molar-refractivity contribution < 1.29 is 133 Å². The number of aliphatic hydroxyl groups is 15. The molecule has 7 aliphatic heterocycles. The van der Waals surface area contributed by atoms with Crippen LogP contribution in [0.2, 0.25) is 0 Å². The van der Waals surface area contributed by atoms with Crippen LogP contribution in [0.15, 0.2) is 0 Å². The lowest BCUT2D eigenvalue weighted by Gasteiger charge is -2.61. The smallest absolute Gasteiger partial charge is 0.187 e. The zero-order valence-corrected chi connectivity index (χ0v) is 48.3. The fourth-order valence-electron chi connectivity index (χ4n) is 17.6. The predicted octanol–water partition coefficient (Wildman–Crippen LogP) is -4.06. The molecular weight excluding hydrogens is 1120 g/mol. The lowest BCUT2D eigenvalue weighted by atomic mass is 9.44. The number of hydrogen-bond donors (Lipinski definition) is 15. The van der Waals surface area contributed by atoms with E-state index in [1.54, 1.807) is 0 Å². The Labute approximate surface area is 487 Å². The van der Waals surface area contributed by atoms with Gasteiger partial charge in [-0.15, -0.1) is 0 Å². The lowest BCUT2D eigenvalue weighted by molar-refractivity contribution is -0.410. The van der Waals surface area contributed by atoms with Crippen LogP contribution < -0.4 is 0 Å². The van der Waals surface area contributed by atoms with Crippen LogP contribution in [0.3, 0.4) is 0 Å². The number of rotatable bonds is 14. The molecule has 0 unspecified atom stereocenters. The Kier molecular flexibility index (Phi) is 19.3. The van der Waals surface area contributed by atoms with Crippen molar-refractivity contribution in [1.82, 2.24) is 0 Å². The second kappa shape index (κ2) is 25.2. The highest BCUT2D eigenvalue weighted by Crippen LogP contribution is 2.71. The summed E-state index contributed by atoms with van der Waals surface area (Å²) in [6.45, 7) is 8.05. The fourth-order valence-corrected chi connectivity index (χ4v) is 17.6. The topological polar surface area (TPSA) is 414 Å². The van der Waals surface area contributed by atoms with Crippen molar-refractivity contribution in [2.45, 2.75) is 270 Å². The van der Waals surface area contributed by atoms with Gasteiger partial charge in [-0.2, -0.15) is 0 Å². The summed E-state index contributed by atoms with van der Waals surface area (Å²) in [5.74, 6) is 2.83. The molecule has 15 N–H and O–H groups in total. The van der Waals surface area contributed by atoms with Gasteiger partial charge in [0, 0.05) is 12.3 Å². The van der Waals surface area contributed by atoms with E-state index in [1.165, 1.54) is 6.92 Å². The monoisotopic (exact) mass is 1210 g/mol. The molecule has 0 aromatic carbocycles. The van der Waals surface area contributed by atoms with Crippen LogP contribution >= 0.6 is 0 Å². The van der Waals surface area contributed by atoms with Crippen molar-refractivity contribution >= 4 is 0 Å². The van der Waals surface area contributed by atoms with Gasteiger partial charge < -0.3 is 133 Å². The average Bonchev–Trinajstić information content (AvgIpc) is 1.52. The molecule has 4 saturated carbocycles. The van der Waals surface area contributed by atoms with E-state index in [-0.39, 0.29) is 23.0 Å². The van der Waals surface area contributed by atoms with Gasteiger partial charge in [0.05, 0.1) is 51.3 Å². The van der Waals surface area contributed by atoms with Crippen molar-refractivity contribution in [2.75, 3.05) is 33.0 Å². The van der Waals surface area contributed by atoms with Gasteiger partial charge in [-0.3, -0.25) is 0 Å². The first-order chi connectivity index (χ1) is 39.9. The minimum Gasteiger partial charge on any atom is -0.394 e. The Balaban J connectivity index is 0.773. The Hall–Kier alpha value is -1.08. The largest absolute Gasteiger partial charge is 0.394 e. The highest BCUT2D eigenvalue weighted by molar-refractivity contribution is 5.16.